The van der Waals surface area contributed by atoms with Gasteiger partial charge in [0.15, 0.2) is 0 Å². The van der Waals surface area contributed by atoms with Gasteiger partial charge in [-0.2, -0.15) is 0 Å². The van der Waals surface area contributed by atoms with Crippen molar-refractivity contribution in [3.05, 3.63) is 0 Å². The Kier molecular flexibility index (Phi) is 11.0. The Labute approximate surface area is 165 Å². The van der Waals surface area contributed by atoms with E-state index in [0.717, 1.165) is 12.8 Å². The quantitative estimate of drug-likeness (QED) is 0.275. The zero-order valence-electron chi connectivity index (χ0n) is 16.5. The number of nitrogens with two attached hydrogens (primary N) is 2. The topological polar surface area (TPSA) is 157 Å². The number of hydrogen-bond donors (Lipinski definition) is 4. The molecular weight excluding hydrogens is 368 g/mol. The van der Waals surface area contributed by atoms with E-state index in [1.54, 1.807) is 9.80 Å². The van der Waals surface area contributed by atoms with Gasteiger partial charge in [-0.1, -0.05) is 0 Å². The molecule has 6 amide bonds. The zero-order valence-corrected chi connectivity index (χ0v) is 16.5. The first-order valence-electron chi connectivity index (χ1n) is 9.75. The Morgan fingerprint density at radius 3 is 1.50 bits per heavy atom. The van der Waals surface area contributed by atoms with E-state index in [4.69, 9.17) is 21.7 Å². The molecule has 0 aliphatic carbocycles. The fourth-order valence-corrected chi connectivity index (χ4v) is 3.16. The van der Waals surface area contributed by atoms with E-state index < -0.39 is 12.1 Å². The molecule has 1 aliphatic rings. The molecule has 1 saturated heterocycles. The van der Waals surface area contributed by atoms with Crippen LogP contribution in [-0.4, -0.2) is 113 Å². The van der Waals surface area contributed by atoms with Crippen LogP contribution in [0.1, 0.15) is 25.7 Å². The van der Waals surface area contributed by atoms with Gasteiger partial charge in [-0.05, 0) is 25.7 Å². The average Bonchev–Trinajstić information content (AvgIpc) is 2.99. The Balaban J connectivity index is 2.22. The molecule has 0 bridgehead atoms. The largest absolute Gasteiger partial charge is 0.395 e. The maximum Gasteiger partial charge on any atom is 0.320 e. The summed E-state index contributed by atoms with van der Waals surface area (Å²) in [4.78, 5) is 41.2. The third kappa shape index (κ3) is 8.17. The number of hydrogen-bond acceptors (Lipinski definition) is 5. The van der Waals surface area contributed by atoms with Gasteiger partial charge >= 0.3 is 18.1 Å². The summed E-state index contributed by atoms with van der Waals surface area (Å²) in [6.45, 7) is 3.70. The van der Waals surface area contributed by atoms with E-state index in [9.17, 15) is 14.4 Å². The summed E-state index contributed by atoms with van der Waals surface area (Å²) in [5.74, 6) is 0. The zero-order chi connectivity index (χ0) is 20.9. The molecule has 11 nitrogen and oxygen atoms in total. The first-order chi connectivity index (χ1) is 13.4. The minimum absolute atomic E-state index is 0.00392. The molecule has 1 fully saturated rings. The molecule has 0 aromatic heterocycles. The first kappa shape index (κ1) is 23.8. The van der Waals surface area contributed by atoms with Gasteiger partial charge in [0, 0.05) is 52.4 Å². The SMILES string of the molecule is NC(=O)N(CCO)CCCCN1CCN(CCCCN(CCO)C(N)=O)C1=O. The maximum absolute atomic E-state index is 12.4. The number of nitrogens with zero attached hydrogens (tertiary/aromatic N) is 4. The second kappa shape index (κ2) is 13.0. The minimum Gasteiger partial charge on any atom is -0.395 e. The van der Waals surface area contributed by atoms with Crippen LogP contribution in [0.5, 0.6) is 0 Å². The number of amides is 6. The normalized spacial score (nSPS) is 13.9. The van der Waals surface area contributed by atoms with Crippen molar-refractivity contribution < 1.29 is 24.6 Å². The lowest BCUT2D eigenvalue weighted by molar-refractivity contribution is 0.178. The van der Waals surface area contributed by atoms with Crippen molar-refractivity contribution in [2.75, 3.05) is 65.6 Å². The van der Waals surface area contributed by atoms with Crippen LogP contribution < -0.4 is 11.5 Å². The summed E-state index contributed by atoms with van der Waals surface area (Å²) in [6.07, 6.45) is 2.92. The molecule has 0 atom stereocenters. The molecule has 0 aromatic carbocycles. The molecule has 6 N–H and O–H groups in total. The van der Waals surface area contributed by atoms with Crippen LogP contribution in [0.2, 0.25) is 0 Å². The van der Waals surface area contributed by atoms with Gasteiger partial charge in [-0.3, -0.25) is 0 Å². The van der Waals surface area contributed by atoms with E-state index in [1.807, 2.05) is 0 Å². The molecule has 28 heavy (non-hydrogen) atoms. The number of primary amides is 2. The summed E-state index contributed by atoms with van der Waals surface area (Å²) in [6, 6.07) is -1.10. The number of carbonyl (C=O) groups excluding carboxylic acids is 3. The molecule has 1 aliphatic heterocycles. The van der Waals surface area contributed by atoms with Crippen molar-refractivity contribution in [3.8, 4) is 0 Å². The number of rotatable bonds is 14. The highest BCUT2D eigenvalue weighted by molar-refractivity contribution is 5.76. The van der Waals surface area contributed by atoms with Gasteiger partial charge < -0.3 is 41.3 Å². The highest BCUT2D eigenvalue weighted by Gasteiger charge is 2.27. The van der Waals surface area contributed by atoms with E-state index in [-0.39, 0.29) is 32.3 Å². The number of unbranched alkanes of at least 4 members (excludes halogenated alkanes) is 2. The van der Waals surface area contributed by atoms with E-state index in [0.29, 0.717) is 52.1 Å². The molecule has 1 heterocycles. The van der Waals surface area contributed by atoms with Crippen molar-refractivity contribution >= 4 is 18.1 Å². The summed E-state index contributed by atoms with van der Waals surface area (Å²) >= 11 is 0. The lowest BCUT2D eigenvalue weighted by Gasteiger charge is -2.22. The van der Waals surface area contributed by atoms with E-state index in [1.165, 1.54) is 9.80 Å². The van der Waals surface area contributed by atoms with Gasteiger partial charge in [0.05, 0.1) is 13.2 Å². The fraction of sp³-hybridized carbons (Fsp3) is 0.824. The summed E-state index contributed by atoms with van der Waals surface area (Å²) in [7, 11) is 0. The average molecular weight is 402 g/mol. The monoisotopic (exact) mass is 402 g/mol. The van der Waals surface area contributed by atoms with Gasteiger partial charge in [-0.15, -0.1) is 0 Å². The molecule has 11 heteroatoms. The molecular formula is C17H34N6O5. The van der Waals surface area contributed by atoms with Crippen LogP contribution >= 0.6 is 0 Å². The minimum atomic E-state index is -0.550. The van der Waals surface area contributed by atoms with Crippen molar-refractivity contribution in [3.63, 3.8) is 0 Å². The molecule has 0 unspecified atom stereocenters. The Hall–Kier alpha value is -2.27. The lowest BCUT2D eigenvalue weighted by Crippen LogP contribution is -2.39. The Bertz CT molecular complexity index is 464. The molecule has 0 spiro atoms. The van der Waals surface area contributed by atoms with Crippen LogP contribution in [-0.2, 0) is 0 Å². The van der Waals surface area contributed by atoms with E-state index in [2.05, 4.69) is 0 Å². The fourth-order valence-electron chi connectivity index (χ4n) is 3.16. The highest BCUT2D eigenvalue weighted by Crippen LogP contribution is 2.11. The second-order valence-electron chi connectivity index (χ2n) is 6.77. The van der Waals surface area contributed by atoms with Gasteiger partial charge in [0.1, 0.15) is 0 Å². The van der Waals surface area contributed by atoms with Crippen molar-refractivity contribution in [2.45, 2.75) is 25.7 Å². The standard InChI is InChI=1S/C17H34N6O5/c18-15(26)20(11-13-24)5-1-3-7-22-9-10-23(17(22)28)8-4-2-6-21(12-14-25)16(19)27/h24-25H,1-14H2,(H2,18,26)(H2,19,27). The number of urea groups is 3. The summed E-state index contributed by atoms with van der Waals surface area (Å²) < 4.78 is 0. The predicted molar refractivity (Wildman–Crippen MR) is 103 cm³/mol. The molecule has 0 radical (unpaired) electrons. The van der Waals surface area contributed by atoms with Gasteiger partial charge in [0.25, 0.3) is 0 Å². The van der Waals surface area contributed by atoms with Crippen molar-refractivity contribution in [1.82, 2.24) is 19.6 Å². The highest BCUT2D eigenvalue weighted by atomic mass is 16.3. The third-order valence-electron chi connectivity index (χ3n) is 4.76. The van der Waals surface area contributed by atoms with Crippen LogP contribution in [0.3, 0.4) is 0 Å². The van der Waals surface area contributed by atoms with Gasteiger partial charge in [0.2, 0.25) is 0 Å². The Morgan fingerprint density at radius 2 is 1.18 bits per heavy atom. The number of aliphatic hydroxyl groups is 2. The maximum atomic E-state index is 12.4. The van der Waals surface area contributed by atoms with Crippen LogP contribution in [0.4, 0.5) is 14.4 Å². The van der Waals surface area contributed by atoms with Gasteiger partial charge in [-0.25, -0.2) is 14.4 Å². The summed E-state index contributed by atoms with van der Waals surface area (Å²) in [5.41, 5.74) is 10.5. The third-order valence-corrected chi connectivity index (χ3v) is 4.76. The Morgan fingerprint density at radius 1 is 0.786 bits per heavy atom. The molecule has 0 saturated carbocycles. The van der Waals surface area contributed by atoms with Crippen molar-refractivity contribution in [1.29, 1.82) is 0 Å². The van der Waals surface area contributed by atoms with Crippen LogP contribution in [0.25, 0.3) is 0 Å². The van der Waals surface area contributed by atoms with Crippen LogP contribution in [0, 0.1) is 0 Å². The predicted octanol–water partition coefficient (Wildman–Crippen LogP) is -0.970. The second-order valence-corrected chi connectivity index (χ2v) is 6.77. The number of aliphatic hydroxyl groups excluding tert-OH is 2. The smallest absolute Gasteiger partial charge is 0.320 e. The molecule has 1 rings (SSSR count). The lowest BCUT2D eigenvalue weighted by atomic mass is 10.2. The molecule has 162 valence electrons. The van der Waals surface area contributed by atoms with E-state index >= 15 is 0 Å². The molecule has 0 aromatic rings. The van der Waals surface area contributed by atoms with Crippen LogP contribution in [0.15, 0.2) is 0 Å². The number of carbonyl (C=O) groups is 3. The first-order valence-corrected chi connectivity index (χ1v) is 9.75. The summed E-state index contributed by atoms with van der Waals surface area (Å²) in [5, 5.41) is 17.8. The van der Waals surface area contributed by atoms with Crippen molar-refractivity contribution in [2.24, 2.45) is 11.5 Å².